The molecule has 1 saturated heterocycles. The maximum absolute atomic E-state index is 12.2. The first-order chi connectivity index (χ1) is 15.6. The maximum Gasteiger partial charge on any atom is 0.263 e. The molecule has 1 fully saturated rings. The van der Waals surface area contributed by atoms with Crippen LogP contribution in [0.25, 0.3) is 16.8 Å². The normalized spacial score (nSPS) is 13.6. The Morgan fingerprint density at radius 2 is 1.44 bits per heavy atom. The van der Waals surface area contributed by atoms with Crippen molar-refractivity contribution in [1.29, 1.82) is 0 Å². The predicted octanol–water partition coefficient (Wildman–Crippen LogP) is 5.29. The minimum Gasteiger partial charge on any atom is -0.302 e. The topological polar surface area (TPSA) is 61.4 Å². The summed E-state index contributed by atoms with van der Waals surface area (Å²) in [5.41, 5.74) is 2.07. The van der Waals surface area contributed by atoms with Crippen LogP contribution in [0.1, 0.15) is 4.88 Å². The molecular formula is C25H17N3O2S2. The lowest BCUT2D eigenvalue weighted by molar-refractivity contribution is -0.123. The third-order valence-electron chi connectivity index (χ3n) is 5.07. The van der Waals surface area contributed by atoms with E-state index in [2.05, 4.69) is 58.0 Å². The van der Waals surface area contributed by atoms with Crippen LogP contribution in [0, 0.1) is 0 Å². The van der Waals surface area contributed by atoms with Crippen LogP contribution in [0.3, 0.4) is 0 Å². The second-order valence-electron chi connectivity index (χ2n) is 7.17. The van der Waals surface area contributed by atoms with Crippen molar-refractivity contribution >= 4 is 73.7 Å². The van der Waals surface area contributed by atoms with Crippen molar-refractivity contribution in [3.05, 3.63) is 95.4 Å². The predicted molar refractivity (Wildman–Crippen MR) is 133 cm³/mol. The molecule has 156 valence electrons. The largest absolute Gasteiger partial charge is 0.302 e. The van der Waals surface area contributed by atoms with Crippen LogP contribution in [0.2, 0.25) is 0 Å². The molecular weight excluding hydrogens is 438 g/mol. The first kappa shape index (κ1) is 20.1. The number of para-hydroxylation sites is 1. The first-order valence-corrected chi connectivity index (χ1v) is 11.1. The number of hydrogen-bond donors (Lipinski definition) is 2. The molecule has 7 heteroatoms. The summed E-state index contributed by atoms with van der Waals surface area (Å²) >= 11 is 6.35. The molecule has 5 rings (SSSR count). The van der Waals surface area contributed by atoms with Crippen LogP contribution in [0.15, 0.2) is 90.5 Å². The SMILES string of the molecule is O=C1NC(=S)NC(=O)C1=Cc1ccc(N(c2ccccc2)c2ccc3ccccc3c2)s1. The van der Waals surface area contributed by atoms with Crippen molar-refractivity contribution < 1.29 is 9.59 Å². The van der Waals surface area contributed by atoms with E-state index in [1.807, 2.05) is 42.5 Å². The Morgan fingerprint density at radius 3 is 2.19 bits per heavy atom. The molecule has 0 saturated carbocycles. The van der Waals surface area contributed by atoms with Gasteiger partial charge in [-0.25, -0.2) is 0 Å². The van der Waals surface area contributed by atoms with Crippen LogP contribution in [0.4, 0.5) is 16.4 Å². The Bertz CT molecular complexity index is 1370. The smallest absolute Gasteiger partial charge is 0.263 e. The average Bonchev–Trinajstić information content (AvgIpc) is 3.25. The van der Waals surface area contributed by atoms with E-state index in [0.717, 1.165) is 26.6 Å². The molecule has 5 nitrogen and oxygen atoms in total. The number of carbonyl (C=O) groups is 2. The van der Waals surface area contributed by atoms with Gasteiger partial charge in [-0.1, -0.05) is 48.5 Å². The first-order valence-electron chi connectivity index (χ1n) is 9.91. The molecule has 1 aliphatic heterocycles. The van der Waals surface area contributed by atoms with Crippen LogP contribution >= 0.6 is 23.6 Å². The zero-order chi connectivity index (χ0) is 22.1. The van der Waals surface area contributed by atoms with Gasteiger partial charge in [0.1, 0.15) is 10.6 Å². The number of nitrogens with one attached hydrogen (secondary N) is 2. The Balaban J connectivity index is 1.57. The van der Waals surface area contributed by atoms with Crippen LogP contribution < -0.4 is 15.5 Å². The quantitative estimate of drug-likeness (QED) is 0.250. The molecule has 32 heavy (non-hydrogen) atoms. The summed E-state index contributed by atoms with van der Waals surface area (Å²) < 4.78 is 0. The number of benzene rings is 3. The molecule has 2 N–H and O–H groups in total. The lowest BCUT2D eigenvalue weighted by Gasteiger charge is -2.24. The second kappa shape index (κ2) is 8.37. The second-order valence-corrected chi connectivity index (χ2v) is 8.68. The molecule has 1 aliphatic rings. The highest BCUT2D eigenvalue weighted by atomic mass is 32.1. The summed E-state index contributed by atoms with van der Waals surface area (Å²) in [4.78, 5) is 27.3. The van der Waals surface area contributed by atoms with Gasteiger partial charge in [0.25, 0.3) is 11.8 Å². The molecule has 2 heterocycles. The van der Waals surface area contributed by atoms with Gasteiger partial charge in [0.2, 0.25) is 0 Å². The molecule has 2 amide bonds. The number of thiocarbonyl (C=S) groups is 1. The van der Waals surface area contributed by atoms with Gasteiger partial charge in [0.15, 0.2) is 5.11 Å². The van der Waals surface area contributed by atoms with Crippen LogP contribution in [-0.4, -0.2) is 16.9 Å². The number of hydrogen-bond acceptors (Lipinski definition) is 5. The van der Waals surface area contributed by atoms with Crippen molar-refractivity contribution in [3.63, 3.8) is 0 Å². The molecule has 1 aromatic heterocycles. The fourth-order valence-corrected chi connectivity index (χ4v) is 4.76. The molecule has 0 unspecified atom stereocenters. The van der Waals surface area contributed by atoms with Crippen molar-refractivity contribution in [3.8, 4) is 0 Å². The highest BCUT2D eigenvalue weighted by molar-refractivity contribution is 7.80. The summed E-state index contributed by atoms with van der Waals surface area (Å²) in [6.45, 7) is 0. The summed E-state index contributed by atoms with van der Waals surface area (Å²) in [6.07, 6.45) is 1.59. The monoisotopic (exact) mass is 455 g/mol. The van der Waals surface area contributed by atoms with Gasteiger partial charge in [-0.15, -0.1) is 11.3 Å². The van der Waals surface area contributed by atoms with Gasteiger partial charge < -0.3 is 4.90 Å². The lowest BCUT2D eigenvalue weighted by Crippen LogP contribution is -2.51. The molecule has 0 aliphatic carbocycles. The Kier molecular flexibility index (Phi) is 5.26. The van der Waals surface area contributed by atoms with E-state index in [0.29, 0.717) is 0 Å². The number of rotatable bonds is 4. The molecule has 4 aromatic rings. The molecule has 0 spiro atoms. The minimum atomic E-state index is -0.497. The Morgan fingerprint density at radius 1 is 0.750 bits per heavy atom. The number of anilines is 3. The van der Waals surface area contributed by atoms with Gasteiger partial charge in [0, 0.05) is 16.3 Å². The summed E-state index contributed by atoms with van der Waals surface area (Å²) in [5, 5.41) is 8.24. The van der Waals surface area contributed by atoms with E-state index >= 15 is 0 Å². The van der Waals surface area contributed by atoms with Gasteiger partial charge >= 0.3 is 0 Å². The number of thiophene rings is 1. The van der Waals surface area contributed by atoms with Crippen molar-refractivity contribution in [2.45, 2.75) is 0 Å². The summed E-state index contributed by atoms with van der Waals surface area (Å²) in [5.74, 6) is -0.994. The minimum absolute atomic E-state index is 0.0237. The van der Waals surface area contributed by atoms with Crippen molar-refractivity contribution in [2.75, 3.05) is 4.90 Å². The number of nitrogens with zero attached hydrogens (tertiary/aromatic N) is 1. The van der Waals surface area contributed by atoms with Gasteiger partial charge in [0.05, 0.1) is 0 Å². The Labute approximate surface area is 194 Å². The summed E-state index contributed by atoms with van der Waals surface area (Å²) in [6, 6.07) is 28.6. The molecule has 0 radical (unpaired) electrons. The standard InChI is InChI=1S/C25H17N3O2S2/c29-23-21(24(30)27-25(31)26-23)15-20-12-13-22(32-20)28(18-8-2-1-3-9-18)19-11-10-16-6-4-5-7-17(16)14-19/h1-15H,(H2,26,27,29,30,31). The van der Waals surface area contributed by atoms with E-state index < -0.39 is 11.8 Å². The average molecular weight is 456 g/mol. The fourth-order valence-electron chi connectivity index (χ4n) is 3.58. The van der Waals surface area contributed by atoms with Gasteiger partial charge in [-0.05, 0) is 65.5 Å². The third-order valence-corrected chi connectivity index (χ3v) is 6.29. The van der Waals surface area contributed by atoms with E-state index in [1.165, 1.54) is 16.7 Å². The van der Waals surface area contributed by atoms with Gasteiger partial charge in [-0.2, -0.15) is 0 Å². The van der Waals surface area contributed by atoms with Crippen LogP contribution in [-0.2, 0) is 9.59 Å². The van der Waals surface area contributed by atoms with Crippen molar-refractivity contribution in [1.82, 2.24) is 10.6 Å². The fraction of sp³-hybridized carbons (Fsp3) is 0. The van der Waals surface area contributed by atoms with E-state index in [4.69, 9.17) is 12.2 Å². The van der Waals surface area contributed by atoms with Crippen molar-refractivity contribution in [2.24, 2.45) is 0 Å². The number of carbonyl (C=O) groups excluding carboxylic acids is 2. The van der Waals surface area contributed by atoms with E-state index in [1.54, 1.807) is 6.08 Å². The molecule has 3 aromatic carbocycles. The number of amides is 2. The molecule has 0 atom stereocenters. The summed E-state index contributed by atoms with van der Waals surface area (Å²) in [7, 11) is 0. The zero-order valence-corrected chi connectivity index (χ0v) is 18.4. The van der Waals surface area contributed by atoms with Gasteiger partial charge in [-0.3, -0.25) is 20.2 Å². The molecule has 0 bridgehead atoms. The highest BCUT2D eigenvalue weighted by Crippen LogP contribution is 2.40. The lowest BCUT2D eigenvalue weighted by atomic mass is 10.1. The Hall–Kier alpha value is -3.81. The van der Waals surface area contributed by atoms with E-state index in [-0.39, 0.29) is 10.7 Å². The van der Waals surface area contributed by atoms with E-state index in [9.17, 15) is 9.59 Å². The maximum atomic E-state index is 12.2. The highest BCUT2D eigenvalue weighted by Gasteiger charge is 2.26. The third kappa shape index (κ3) is 3.91. The zero-order valence-electron chi connectivity index (χ0n) is 16.7. The number of fused-ring (bicyclic) bond motifs is 1. The van der Waals surface area contributed by atoms with Crippen LogP contribution in [0.5, 0.6) is 0 Å².